The Labute approximate surface area is 96.7 Å². The molecule has 0 aliphatic carbocycles. The molecule has 0 fully saturated rings. The zero-order valence-corrected chi connectivity index (χ0v) is 10.0. The van der Waals surface area contributed by atoms with Gasteiger partial charge in [-0.05, 0) is 31.6 Å². The summed E-state index contributed by atoms with van der Waals surface area (Å²) in [7, 11) is 0. The number of pyridine rings is 1. The molecule has 0 aliphatic heterocycles. The van der Waals surface area contributed by atoms with Gasteiger partial charge in [0.05, 0.1) is 0 Å². The average molecular weight is 225 g/mol. The lowest BCUT2D eigenvalue weighted by Gasteiger charge is -2.19. The van der Waals surface area contributed by atoms with E-state index >= 15 is 0 Å². The van der Waals surface area contributed by atoms with Crippen LogP contribution in [-0.2, 0) is 0 Å². The lowest BCUT2D eigenvalue weighted by Crippen LogP contribution is -2.29. The summed E-state index contributed by atoms with van der Waals surface area (Å²) < 4.78 is 13.2. The van der Waals surface area contributed by atoms with Crippen molar-refractivity contribution in [3.8, 4) is 0 Å². The zero-order chi connectivity index (χ0) is 11.8. The van der Waals surface area contributed by atoms with E-state index < -0.39 is 0 Å². The van der Waals surface area contributed by atoms with Crippen LogP contribution in [0.4, 0.5) is 10.2 Å². The molecule has 0 aromatic carbocycles. The van der Waals surface area contributed by atoms with Crippen LogP contribution in [0.5, 0.6) is 0 Å². The molecule has 16 heavy (non-hydrogen) atoms. The molecule has 0 radical (unpaired) electrons. The normalized spacial score (nSPS) is 10.8. The standard InChI is InChI=1S/C12H20FN3/c1-3-9-16(4-2)10-8-15-12-11(13)6-5-7-14-12/h5-7H,3-4,8-10H2,1-2H3,(H,14,15). The highest BCUT2D eigenvalue weighted by Crippen LogP contribution is 2.07. The second-order valence-electron chi connectivity index (χ2n) is 3.69. The van der Waals surface area contributed by atoms with Gasteiger partial charge in [0.15, 0.2) is 11.6 Å². The van der Waals surface area contributed by atoms with E-state index in [-0.39, 0.29) is 5.82 Å². The Balaban J connectivity index is 2.32. The van der Waals surface area contributed by atoms with E-state index in [1.165, 1.54) is 6.07 Å². The highest BCUT2D eigenvalue weighted by Gasteiger charge is 2.03. The van der Waals surface area contributed by atoms with Gasteiger partial charge in [0.1, 0.15) is 0 Å². The van der Waals surface area contributed by atoms with Gasteiger partial charge in [0.25, 0.3) is 0 Å². The predicted molar refractivity (Wildman–Crippen MR) is 65.1 cm³/mol. The smallest absolute Gasteiger partial charge is 0.165 e. The number of likely N-dealkylation sites (N-methyl/N-ethyl adjacent to an activating group) is 1. The molecule has 0 atom stereocenters. The number of nitrogens with one attached hydrogen (secondary N) is 1. The van der Waals surface area contributed by atoms with Gasteiger partial charge in [-0.25, -0.2) is 9.37 Å². The van der Waals surface area contributed by atoms with Crippen molar-refractivity contribution in [2.24, 2.45) is 0 Å². The molecule has 1 aromatic rings. The quantitative estimate of drug-likeness (QED) is 0.772. The molecular formula is C12H20FN3. The van der Waals surface area contributed by atoms with Gasteiger partial charge in [-0.2, -0.15) is 0 Å². The number of rotatable bonds is 7. The molecule has 0 saturated carbocycles. The largest absolute Gasteiger partial charge is 0.366 e. The molecule has 0 aliphatic rings. The average Bonchev–Trinajstić information content (AvgIpc) is 2.30. The predicted octanol–water partition coefficient (Wildman–Crippen LogP) is 2.36. The summed E-state index contributed by atoms with van der Waals surface area (Å²) in [6, 6.07) is 3.01. The topological polar surface area (TPSA) is 28.2 Å². The summed E-state index contributed by atoms with van der Waals surface area (Å²) in [5.41, 5.74) is 0. The van der Waals surface area contributed by atoms with Crippen molar-refractivity contribution in [2.45, 2.75) is 20.3 Å². The molecule has 1 heterocycles. The number of aromatic nitrogens is 1. The monoisotopic (exact) mass is 225 g/mol. The van der Waals surface area contributed by atoms with E-state index in [0.717, 1.165) is 32.6 Å². The Kier molecular flexibility index (Phi) is 5.78. The van der Waals surface area contributed by atoms with Gasteiger partial charge in [0.2, 0.25) is 0 Å². The van der Waals surface area contributed by atoms with E-state index in [1.807, 2.05) is 0 Å². The first-order chi connectivity index (χ1) is 7.77. The third-order valence-electron chi connectivity index (χ3n) is 2.47. The van der Waals surface area contributed by atoms with Gasteiger partial charge < -0.3 is 10.2 Å². The molecule has 1 aromatic heterocycles. The van der Waals surface area contributed by atoms with E-state index in [0.29, 0.717) is 5.82 Å². The first kappa shape index (κ1) is 12.9. The van der Waals surface area contributed by atoms with Crippen LogP contribution in [0, 0.1) is 5.82 Å². The van der Waals surface area contributed by atoms with Crippen molar-refractivity contribution in [2.75, 3.05) is 31.5 Å². The van der Waals surface area contributed by atoms with Gasteiger partial charge in [-0.1, -0.05) is 13.8 Å². The highest BCUT2D eigenvalue weighted by atomic mass is 19.1. The number of nitrogens with zero attached hydrogens (tertiary/aromatic N) is 2. The first-order valence-electron chi connectivity index (χ1n) is 5.84. The number of hydrogen-bond donors (Lipinski definition) is 1. The minimum Gasteiger partial charge on any atom is -0.366 e. The fraction of sp³-hybridized carbons (Fsp3) is 0.583. The Morgan fingerprint density at radius 3 is 2.81 bits per heavy atom. The highest BCUT2D eigenvalue weighted by molar-refractivity contribution is 5.35. The molecule has 1 N–H and O–H groups in total. The van der Waals surface area contributed by atoms with Crippen molar-refractivity contribution < 1.29 is 4.39 Å². The van der Waals surface area contributed by atoms with E-state index in [9.17, 15) is 4.39 Å². The molecular weight excluding hydrogens is 205 g/mol. The second kappa shape index (κ2) is 7.17. The third kappa shape index (κ3) is 4.14. The van der Waals surface area contributed by atoms with Crippen molar-refractivity contribution in [1.29, 1.82) is 0 Å². The summed E-state index contributed by atoms with van der Waals surface area (Å²) in [4.78, 5) is 6.27. The van der Waals surface area contributed by atoms with Crippen molar-refractivity contribution in [1.82, 2.24) is 9.88 Å². The minimum atomic E-state index is -0.291. The number of anilines is 1. The van der Waals surface area contributed by atoms with Crippen molar-refractivity contribution in [3.63, 3.8) is 0 Å². The lowest BCUT2D eigenvalue weighted by atomic mass is 10.4. The minimum absolute atomic E-state index is 0.291. The van der Waals surface area contributed by atoms with Crippen molar-refractivity contribution in [3.05, 3.63) is 24.1 Å². The van der Waals surface area contributed by atoms with Gasteiger partial charge in [0, 0.05) is 19.3 Å². The Morgan fingerprint density at radius 1 is 1.38 bits per heavy atom. The number of hydrogen-bond acceptors (Lipinski definition) is 3. The molecule has 0 saturated heterocycles. The summed E-state index contributed by atoms with van der Waals surface area (Å²) in [5.74, 6) is 0.0519. The molecule has 90 valence electrons. The summed E-state index contributed by atoms with van der Waals surface area (Å²) >= 11 is 0. The van der Waals surface area contributed by atoms with Crippen LogP contribution in [0.15, 0.2) is 18.3 Å². The SMILES string of the molecule is CCCN(CC)CCNc1ncccc1F. The van der Waals surface area contributed by atoms with E-state index in [1.54, 1.807) is 12.3 Å². The molecule has 3 nitrogen and oxygen atoms in total. The zero-order valence-electron chi connectivity index (χ0n) is 10.0. The van der Waals surface area contributed by atoms with Crippen molar-refractivity contribution >= 4 is 5.82 Å². The Morgan fingerprint density at radius 2 is 2.19 bits per heavy atom. The molecule has 0 unspecified atom stereocenters. The fourth-order valence-electron chi connectivity index (χ4n) is 1.59. The fourth-order valence-corrected chi connectivity index (χ4v) is 1.59. The summed E-state index contributed by atoms with van der Waals surface area (Å²) in [5, 5.41) is 3.01. The van der Waals surface area contributed by atoms with Gasteiger partial charge in [-0.3, -0.25) is 0 Å². The van der Waals surface area contributed by atoms with Crippen LogP contribution in [-0.4, -0.2) is 36.1 Å². The summed E-state index contributed by atoms with van der Waals surface area (Å²) in [6.45, 7) is 8.05. The maximum atomic E-state index is 13.2. The maximum Gasteiger partial charge on any atom is 0.165 e. The summed E-state index contributed by atoms with van der Waals surface area (Å²) in [6.07, 6.45) is 2.74. The van der Waals surface area contributed by atoms with Crippen LogP contribution in [0.2, 0.25) is 0 Å². The van der Waals surface area contributed by atoms with Crippen LogP contribution in [0.3, 0.4) is 0 Å². The third-order valence-corrected chi connectivity index (χ3v) is 2.47. The molecule has 0 amide bonds. The van der Waals surface area contributed by atoms with E-state index in [2.05, 4.69) is 29.0 Å². The Hall–Kier alpha value is -1.16. The molecule has 4 heteroatoms. The van der Waals surface area contributed by atoms with Gasteiger partial charge in [-0.15, -0.1) is 0 Å². The maximum absolute atomic E-state index is 13.2. The van der Waals surface area contributed by atoms with Crippen LogP contribution in [0.1, 0.15) is 20.3 Å². The molecule has 0 bridgehead atoms. The van der Waals surface area contributed by atoms with Crippen LogP contribution < -0.4 is 5.32 Å². The number of halogens is 1. The van der Waals surface area contributed by atoms with Crippen LogP contribution in [0.25, 0.3) is 0 Å². The first-order valence-corrected chi connectivity index (χ1v) is 5.84. The van der Waals surface area contributed by atoms with E-state index in [4.69, 9.17) is 0 Å². The lowest BCUT2D eigenvalue weighted by molar-refractivity contribution is 0.300. The van der Waals surface area contributed by atoms with Gasteiger partial charge >= 0.3 is 0 Å². The second-order valence-corrected chi connectivity index (χ2v) is 3.69. The Bertz CT molecular complexity index is 304. The molecule has 0 spiro atoms. The molecule has 1 rings (SSSR count). The van der Waals surface area contributed by atoms with Crippen LogP contribution >= 0.6 is 0 Å².